The first-order chi connectivity index (χ1) is 5.74. The van der Waals surface area contributed by atoms with Crippen LogP contribution in [0.2, 0.25) is 0 Å². The minimum atomic E-state index is -0.0386. The Labute approximate surface area is 70.2 Å². The molecule has 1 heterocycles. The quantitative estimate of drug-likeness (QED) is 0.473. The molecule has 0 bridgehead atoms. The first-order valence-corrected chi connectivity index (χ1v) is 3.43. The van der Waals surface area contributed by atoms with Crippen LogP contribution in [-0.4, -0.2) is 6.61 Å². The van der Waals surface area contributed by atoms with Crippen LogP contribution in [0.4, 0.5) is 0 Å². The zero-order valence-electron chi connectivity index (χ0n) is 6.65. The Morgan fingerprint density at radius 3 is 3.00 bits per heavy atom. The first-order valence-electron chi connectivity index (χ1n) is 3.43. The van der Waals surface area contributed by atoms with Gasteiger partial charge in [-0.2, -0.15) is 9.99 Å². The third-order valence-electron chi connectivity index (χ3n) is 1.38. The molecule has 0 unspecified atom stereocenters. The van der Waals surface area contributed by atoms with Gasteiger partial charge in [-0.05, 0) is 6.07 Å². The molecular formula is C8H8N2O2. The lowest BCUT2D eigenvalue weighted by atomic mass is 10.4. The Morgan fingerprint density at radius 1 is 1.67 bits per heavy atom. The van der Waals surface area contributed by atoms with E-state index in [0.29, 0.717) is 16.2 Å². The fourth-order valence-electron chi connectivity index (χ4n) is 0.738. The molecule has 0 amide bonds. The van der Waals surface area contributed by atoms with Crippen molar-refractivity contribution in [1.29, 1.82) is 5.26 Å². The minimum absolute atomic E-state index is 0.0386. The Morgan fingerprint density at radius 2 is 2.42 bits per heavy atom. The molecule has 1 aromatic heterocycles. The third-order valence-corrected chi connectivity index (χ3v) is 1.38. The maximum atomic E-state index is 11.0. The van der Waals surface area contributed by atoms with E-state index >= 15 is 0 Å². The van der Waals surface area contributed by atoms with E-state index in [0.717, 1.165) is 0 Å². The van der Waals surface area contributed by atoms with E-state index in [1.54, 1.807) is 19.1 Å². The smallest absolute Gasteiger partial charge is 0.222 e. The molecule has 62 valence electrons. The monoisotopic (exact) mass is 164 g/mol. The Hall–Kier alpha value is -1.76. The average molecular weight is 164 g/mol. The van der Waals surface area contributed by atoms with Crippen LogP contribution in [0.5, 0.6) is 5.75 Å². The highest BCUT2D eigenvalue weighted by Crippen LogP contribution is 2.06. The summed E-state index contributed by atoms with van der Waals surface area (Å²) in [6.07, 6.45) is 1.30. The van der Waals surface area contributed by atoms with Gasteiger partial charge in [0.15, 0.2) is 18.1 Å². The lowest BCUT2D eigenvalue weighted by Gasteiger charge is -2.02. The molecule has 0 saturated heterocycles. The van der Waals surface area contributed by atoms with Gasteiger partial charge in [0.25, 0.3) is 0 Å². The molecule has 12 heavy (non-hydrogen) atoms. The number of aromatic nitrogens is 1. The van der Waals surface area contributed by atoms with Crippen LogP contribution in [0.15, 0.2) is 18.3 Å². The number of nitriles is 1. The van der Waals surface area contributed by atoms with Crippen LogP contribution in [0.1, 0.15) is 5.69 Å². The fraction of sp³-hybridized carbons (Fsp3) is 0.250. The van der Waals surface area contributed by atoms with Gasteiger partial charge in [-0.25, -0.2) is 0 Å². The molecule has 1 rings (SSSR count). The van der Waals surface area contributed by atoms with Crippen molar-refractivity contribution in [3.8, 4) is 11.8 Å². The van der Waals surface area contributed by atoms with E-state index in [-0.39, 0.29) is 6.61 Å². The summed E-state index contributed by atoms with van der Waals surface area (Å²) < 4.78 is 5.61. The summed E-state index contributed by atoms with van der Waals surface area (Å²) in [4.78, 5) is 0. The van der Waals surface area contributed by atoms with Gasteiger partial charge < -0.3 is 9.94 Å². The Kier molecular flexibility index (Phi) is 2.49. The van der Waals surface area contributed by atoms with Gasteiger partial charge >= 0.3 is 0 Å². The van der Waals surface area contributed by atoms with Crippen LogP contribution in [-0.2, 0) is 0 Å². The highest BCUT2D eigenvalue weighted by atomic mass is 16.5. The summed E-state index contributed by atoms with van der Waals surface area (Å²) in [5.41, 5.74) is 0.597. The largest absolute Gasteiger partial charge is 0.618 e. The zero-order chi connectivity index (χ0) is 8.97. The van der Waals surface area contributed by atoms with Crippen molar-refractivity contribution in [3.05, 3.63) is 29.2 Å². The molecule has 0 aromatic carbocycles. The van der Waals surface area contributed by atoms with E-state index in [2.05, 4.69) is 0 Å². The first kappa shape index (κ1) is 8.34. The molecule has 0 aliphatic heterocycles. The molecule has 0 aliphatic rings. The molecule has 0 spiro atoms. The van der Waals surface area contributed by atoms with Crippen LogP contribution >= 0.6 is 0 Å². The maximum absolute atomic E-state index is 11.0. The van der Waals surface area contributed by atoms with Crippen molar-refractivity contribution in [2.75, 3.05) is 6.61 Å². The molecule has 0 saturated carbocycles. The van der Waals surface area contributed by atoms with E-state index in [1.165, 1.54) is 6.20 Å². The van der Waals surface area contributed by atoms with Gasteiger partial charge in [0.05, 0.1) is 0 Å². The van der Waals surface area contributed by atoms with Crippen molar-refractivity contribution >= 4 is 0 Å². The Bertz CT molecular complexity index is 317. The molecule has 0 N–H and O–H groups in total. The summed E-state index contributed by atoms with van der Waals surface area (Å²) in [6, 6.07) is 5.11. The zero-order valence-corrected chi connectivity index (χ0v) is 6.65. The van der Waals surface area contributed by atoms with Gasteiger partial charge in [-0.1, -0.05) is 0 Å². The van der Waals surface area contributed by atoms with E-state index in [9.17, 15) is 5.21 Å². The second kappa shape index (κ2) is 3.58. The summed E-state index contributed by atoms with van der Waals surface area (Å²) in [7, 11) is 0. The van der Waals surface area contributed by atoms with Gasteiger partial charge in [-0.3, -0.25) is 0 Å². The minimum Gasteiger partial charge on any atom is -0.618 e. The van der Waals surface area contributed by atoms with Crippen LogP contribution in [0, 0.1) is 23.5 Å². The number of hydrogen-bond donors (Lipinski definition) is 0. The van der Waals surface area contributed by atoms with Crippen molar-refractivity contribution < 1.29 is 9.47 Å². The van der Waals surface area contributed by atoms with Gasteiger partial charge in [0.1, 0.15) is 6.07 Å². The van der Waals surface area contributed by atoms with Crippen LogP contribution < -0.4 is 9.47 Å². The van der Waals surface area contributed by atoms with Gasteiger partial charge in [0.2, 0.25) is 6.20 Å². The average Bonchev–Trinajstić information content (AvgIpc) is 2.07. The van der Waals surface area contributed by atoms with Gasteiger partial charge in [-0.15, -0.1) is 0 Å². The van der Waals surface area contributed by atoms with Gasteiger partial charge in [0, 0.05) is 13.0 Å². The molecule has 4 heteroatoms. The van der Waals surface area contributed by atoms with Crippen molar-refractivity contribution in [2.24, 2.45) is 0 Å². The summed E-state index contributed by atoms with van der Waals surface area (Å²) in [5.74, 6) is 0.414. The lowest BCUT2D eigenvalue weighted by Crippen LogP contribution is -2.29. The predicted molar refractivity (Wildman–Crippen MR) is 41.2 cm³/mol. The SMILES string of the molecule is Cc1ccc(OCC#N)c[n+]1[O-]. The number of pyridine rings is 1. The number of aryl methyl sites for hydroxylation is 1. The topological polar surface area (TPSA) is 60.0 Å². The number of nitrogens with zero attached hydrogens (tertiary/aromatic N) is 2. The summed E-state index contributed by atoms with van der Waals surface area (Å²) >= 11 is 0. The molecule has 1 aromatic rings. The van der Waals surface area contributed by atoms with Crippen LogP contribution in [0.3, 0.4) is 0 Å². The van der Waals surface area contributed by atoms with Crippen molar-refractivity contribution in [3.63, 3.8) is 0 Å². The highest BCUT2D eigenvalue weighted by Gasteiger charge is 2.00. The fourth-order valence-corrected chi connectivity index (χ4v) is 0.738. The number of rotatable bonds is 2. The standard InChI is InChI=1S/C8H8N2O2/c1-7-2-3-8(6-10(7)11)12-5-4-9/h2-3,6H,5H2,1H3. The third kappa shape index (κ3) is 1.86. The van der Waals surface area contributed by atoms with E-state index < -0.39 is 0 Å². The summed E-state index contributed by atoms with van der Waals surface area (Å²) in [5, 5.41) is 19.1. The van der Waals surface area contributed by atoms with Crippen LogP contribution in [0.25, 0.3) is 0 Å². The molecule has 0 atom stereocenters. The molecule has 0 radical (unpaired) electrons. The second-order valence-corrected chi connectivity index (χ2v) is 2.28. The molecule has 4 nitrogen and oxygen atoms in total. The maximum Gasteiger partial charge on any atom is 0.222 e. The molecule has 0 aliphatic carbocycles. The molecular weight excluding hydrogens is 156 g/mol. The lowest BCUT2D eigenvalue weighted by molar-refractivity contribution is -0.612. The van der Waals surface area contributed by atoms with E-state index in [1.807, 2.05) is 6.07 Å². The highest BCUT2D eigenvalue weighted by molar-refractivity contribution is 5.15. The van der Waals surface area contributed by atoms with Crippen molar-refractivity contribution in [1.82, 2.24) is 0 Å². The number of hydrogen-bond acceptors (Lipinski definition) is 3. The summed E-state index contributed by atoms with van der Waals surface area (Å²) in [6.45, 7) is 1.66. The normalized spacial score (nSPS) is 9.00. The predicted octanol–water partition coefficient (Wildman–Crippen LogP) is 0.531. The van der Waals surface area contributed by atoms with Crippen molar-refractivity contribution in [2.45, 2.75) is 6.92 Å². The van der Waals surface area contributed by atoms with E-state index in [4.69, 9.17) is 10.00 Å². The Balaban J connectivity index is 2.77. The molecule has 0 fully saturated rings. The second-order valence-electron chi connectivity index (χ2n) is 2.28. The number of ether oxygens (including phenoxy) is 1.